The van der Waals surface area contributed by atoms with Crippen LogP contribution in [-0.4, -0.2) is 31.8 Å². The summed E-state index contributed by atoms with van der Waals surface area (Å²) in [4.78, 5) is 12.3. The van der Waals surface area contributed by atoms with Crippen LogP contribution in [0.1, 0.15) is 38.7 Å². The van der Waals surface area contributed by atoms with Crippen molar-refractivity contribution in [2.24, 2.45) is 17.6 Å². The Morgan fingerprint density at radius 1 is 1.32 bits per heavy atom. The minimum atomic E-state index is -0.470. The number of carbonyl (C=O) groups is 1. The summed E-state index contributed by atoms with van der Waals surface area (Å²) >= 11 is 0. The van der Waals surface area contributed by atoms with Crippen LogP contribution in [0.5, 0.6) is 5.75 Å². The number of benzene rings is 1. The van der Waals surface area contributed by atoms with Crippen molar-refractivity contribution in [2.75, 3.05) is 19.8 Å². The lowest BCUT2D eigenvalue weighted by atomic mass is 9.92. The number of hydrogen-bond acceptors (Lipinski definition) is 4. The van der Waals surface area contributed by atoms with Crippen LogP contribution in [-0.2, 0) is 16.1 Å². The van der Waals surface area contributed by atoms with Crippen LogP contribution in [0.15, 0.2) is 24.3 Å². The van der Waals surface area contributed by atoms with Gasteiger partial charge in [-0.2, -0.15) is 0 Å². The van der Waals surface area contributed by atoms with E-state index in [2.05, 4.69) is 19.2 Å². The van der Waals surface area contributed by atoms with Gasteiger partial charge in [0.1, 0.15) is 5.75 Å². The number of hydrogen-bond donors (Lipinski definition) is 2. The van der Waals surface area contributed by atoms with Crippen molar-refractivity contribution >= 4 is 18.3 Å². The van der Waals surface area contributed by atoms with Crippen molar-refractivity contribution in [3.63, 3.8) is 0 Å². The van der Waals surface area contributed by atoms with E-state index in [4.69, 9.17) is 15.2 Å². The monoisotopic (exact) mass is 370 g/mol. The summed E-state index contributed by atoms with van der Waals surface area (Å²) in [5, 5.41) is 2.95. The molecule has 0 radical (unpaired) electrons. The van der Waals surface area contributed by atoms with E-state index in [-0.39, 0.29) is 24.2 Å². The van der Waals surface area contributed by atoms with Crippen LogP contribution in [0.25, 0.3) is 0 Å². The summed E-state index contributed by atoms with van der Waals surface area (Å²) in [6.45, 7) is 6.86. The third-order valence-corrected chi connectivity index (χ3v) is 4.46. The summed E-state index contributed by atoms with van der Waals surface area (Å²) in [6.07, 6.45) is 2.71. The van der Waals surface area contributed by atoms with Crippen molar-refractivity contribution in [3.8, 4) is 5.75 Å². The molecule has 5 nitrogen and oxygen atoms in total. The molecule has 25 heavy (non-hydrogen) atoms. The first-order valence-corrected chi connectivity index (χ1v) is 8.89. The van der Waals surface area contributed by atoms with Gasteiger partial charge in [0.05, 0.1) is 12.6 Å². The third kappa shape index (κ3) is 7.22. The van der Waals surface area contributed by atoms with Crippen LogP contribution in [0.2, 0.25) is 0 Å². The lowest BCUT2D eigenvalue weighted by Gasteiger charge is -2.26. The average molecular weight is 371 g/mol. The van der Waals surface area contributed by atoms with Gasteiger partial charge < -0.3 is 20.5 Å². The fourth-order valence-corrected chi connectivity index (χ4v) is 2.78. The highest BCUT2D eigenvalue weighted by molar-refractivity contribution is 5.85. The molecule has 0 bridgehead atoms. The Balaban J connectivity index is 0.00000312. The molecule has 0 aliphatic carbocycles. The molecule has 1 unspecified atom stereocenters. The average Bonchev–Trinajstić information content (AvgIpc) is 2.60. The fourth-order valence-electron chi connectivity index (χ4n) is 2.78. The summed E-state index contributed by atoms with van der Waals surface area (Å²) in [5.74, 6) is 1.54. The standard InChI is InChI=1S/C19H30N2O3.ClH/c1-14(2)7-12-24-17-6-4-3-5-16(17)13-21-19(22)18(20)15-8-10-23-11-9-15;/h3-6,14-15,18H,7-13,20H2,1-2H3,(H,21,22);1H. The predicted octanol–water partition coefficient (Wildman–Crippen LogP) is 2.90. The number of nitrogens with one attached hydrogen (secondary N) is 1. The molecule has 0 spiro atoms. The van der Waals surface area contributed by atoms with Crippen molar-refractivity contribution < 1.29 is 14.3 Å². The van der Waals surface area contributed by atoms with Crippen LogP contribution in [0, 0.1) is 11.8 Å². The SMILES string of the molecule is CC(C)CCOc1ccccc1CNC(=O)C(N)C1CCOCC1.Cl. The number of nitrogens with two attached hydrogens (primary N) is 1. The molecular formula is C19H31ClN2O3. The van der Waals surface area contributed by atoms with Crippen LogP contribution in [0.3, 0.4) is 0 Å². The van der Waals surface area contributed by atoms with Gasteiger partial charge in [-0.15, -0.1) is 12.4 Å². The molecule has 1 atom stereocenters. The molecule has 142 valence electrons. The maximum atomic E-state index is 12.3. The predicted molar refractivity (Wildman–Crippen MR) is 102 cm³/mol. The number of rotatable bonds is 8. The number of amides is 1. The Bertz CT molecular complexity index is 519. The zero-order valence-electron chi connectivity index (χ0n) is 15.2. The molecule has 1 aromatic rings. The van der Waals surface area contributed by atoms with E-state index < -0.39 is 6.04 Å². The van der Waals surface area contributed by atoms with E-state index in [0.29, 0.717) is 32.3 Å². The highest BCUT2D eigenvalue weighted by Gasteiger charge is 2.26. The molecule has 3 N–H and O–H groups in total. The van der Waals surface area contributed by atoms with Gasteiger partial charge in [0.25, 0.3) is 0 Å². The van der Waals surface area contributed by atoms with E-state index >= 15 is 0 Å². The first-order valence-electron chi connectivity index (χ1n) is 8.89. The minimum Gasteiger partial charge on any atom is -0.493 e. The highest BCUT2D eigenvalue weighted by Crippen LogP contribution is 2.20. The molecule has 1 amide bonds. The maximum absolute atomic E-state index is 12.3. The summed E-state index contributed by atoms with van der Waals surface area (Å²) in [6, 6.07) is 7.35. The third-order valence-electron chi connectivity index (χ3n) is 4.46. The number of ether oxygens (including phenoxy) is 2. The molecule has 1 heterocycles. The Kier molecular flexibility index (Phi) is 9.86. The number of carbonyl (C=O) groups excluding carboxylic acids is 1. The van der Waals surface area contributed by atoms with Gasteiger partial charge in [0.2, 0.25) is 5.91 Å². The second kappa shape index (κ2) is 11.3. The first-order chi connectivity index (χ1) is 11.6. The van der Waals surface area contributed by atoms with Crippen LogP contribution < -0.4 is 15.8 Å². The van der Waals surface area contributed by atoms with Gasteiger partial charge in [-0.25, -0.2) is 0 Å². The van der Waals surface area contributed by atoms with Crippen LogP contribution >= 0.6 is 12.4 Å². The Labute approximate surface area is 157 Å². The van der Waals surface area contributed by atoms with Crippen molar-refractivity contribution in [1.82, 2.24) is 5.32 Å². The minimum absolute atomic E-state index is 0. The largest absolute Gasteiger partial charge is 0.493 e. The van der Waals surface area contributed by atoms with Gasteiger partial charge in [-0.1, -0.05) is 32.0 Å². The highest BCUT2D eigenvalue weighted by atomic mass is 35.5. The normalized spacial score (nSPS) is 16.2. The molecule has 1 fully saturated rings. The number of para-hydroxylation sites is 1. The van der Waals surface area contributed by atoms with Gasteiger partial charge in [0, 0.05) is 25.3 Å². The second-order valence-corrected chi connectivity index (χ2v) is 6.83. The fraction of sp³-hybridized carbons (Fsp3) is 0.632. The molecule has 1 saturated heterocycles. The summed E-state index contributed by atoms with van der Waals surface area (Å²) < 4.78 is 11.2. The lowest BCUT2D eigenvalue weighted by molar-refractivity contribution is -0.124. The first kappa shape index (κ1) is 21.7. The van der Waals surface area contributed by atoms with Crippen molar-refractivity contribution in [1.29, 1.82) is 0 Å². The summed E-state index contributed by atoms with van der Waals surface area (Å²) in [5.41, 5.74) is 7.09. The van der Waals surface area contributed by atoms with Crippen molar-refractivity contribution in [2.45, 2.75) is 45.7 Å². The Morgan fingerprint density at radius 2 is 2.00 bits per heavy atom. The van der Waals surface area contributed by atoms with E-state index in [1.165, 1.54) is 0 Å². The second-order valence-electron chi connectivity index (χ2n) is 6.83. The van der Waals surface area contributed by atoms with E-state index in [1.807, 2.05) is 24.3 Å². The Morgan fingerprint density at radius 3 is 2.68 bits per heavy atom. The zero-order valence-corrected chi connectivity index (χ0v) is 16.0. The van der Waals surface area contributed by atoms with E-state index in [1.54, 1.807) is 0 Å². The molecule has 0 aromatic heterocycles. The quantitative estimate of drug-likeness (QED) is 0.737. The molecule has 1 aromatic carbocycles. The molecule has 6 heteroatoms. The van der Waals surface area contributed by atoms with Gasteiger partial charge in [-0.3, -0.25) is 4.79 Å². The van der Waals surface area contributed by atoms with Crippen LogP contribution in [0.4, 0.5) is 0 Å². The van der Waals surface area contributed by atoms with Crippen molar-refractivity contribution in [3.05, 3.63) is 29.8 Å². The van der Waals surface area contributed by atoms with Gasteiger partial charge in [-0.05, 0) is 37.2 Å². The van der Waals surface area contributed by atoms with E-state index in [9.17, 15) is 4.79 Å². The molecular weight excluding hydrogens is 340 g/mol. The zero-order chi connectivity index (χ0) is 17.4. The van der Waals surface area contributed by atoms with Gasteiger partial charge in [0.15, 0.2) is 0 Å². The number of halogens is 1. The molecule has 1 aliphatic rings. The molecule has 0 saturated carbocycles. The summed E-state index contributed by atoms with van der Waals surface area (Å²) in [7, 11) is 0. The Hall–Kier alpha value is -1.30. The molecule has 2 rings (SSSR count). The lowest BCUT2D eigenvalue weighted by Crippen LogP contribution is -2.46. The smallest absolute Gasteiger partial charge is 0.237 e. The topological polar surface area (TPSA) is 73.6 Å². The maximum Gasteiger partial charge on any atom is 0.237 e. The molecule has 1 aliphatic heterocycles. The van der Waals surface area contributed by atoms with Gasteiger partial charge >= 0.3 is 0 Å². The van der Waals surface area contributed by atoms with E-state index in [0.717, 1.165) is 30.6 Å².